The van der Waals surface area contributed by atoms with Crippen LogP contribution in [0.5, 0.6) is 5.75 Å². The molecule has 0 unspecified atom stereocenters. The molecule has 5 rings (SSSR count). The van der Waals surface area contributed by atoms with E-state index in [0.29, 0.717) is 10.7 Å². The summed E-state index contributed by atoms with van der Waals surface area (Å²) in [5, 5.41) is 8.39. The van der Waals surface area contributed by atoms with Crippen molar-refractivity contribution in [3.05, 3.63) is 102 Å². The Labute approximate surface area is 195 Å². The maximum absolute atomic E-state index is 13.8. The second-order valence-electron chi connectivity index (χ2n) is 7.63. The van der Waals surface area contributed by atoms with Crippen molar-refractivity contribution in [1.29, 1.82) is 0 Å². The maximum atomic E-state index is 13.8. The van der Waals surface area contributed by atoms with E-state index in [2.05, 4.69) is 11.2 Å². The lowest BCUT2D eigenvalue weighted by atomic mass is 10.0. The average Bonchev–Trinajstić information content (AvgIpc) is 3.26. The first kappa shape index (κ1) is 20.8. The molecular weight excluding hydrogens is 430 g/mol. The molecule has 0 aliphatic heterocycles. The highest BCUT2D eigenvalue weighted by Gasteiger charge is 2.22. The number of amides is 1. The standard InChI is InChI=1S/C27H21N3O2S/c1-18-10-15-24-25(16-18)33-27(29-24)30(28-17-19-11-13-21(32-2)14-12-19)26(31)23-9-5-7-20-6-3-4-8-22(20)23/h3-17H,1-2H3/b28-17+. The van der Waals surface area contributed by atoms with Crippen molar-refractivity contribution in [3.8, 4) is 5.75 Å². The van der Waals surface area contributed by atoms with Gasteiger partial charge in [0.25, 0.3) is 5.91 Å². The number of nitrogens with zero attached hydrogens (tertiary/aromatic N) is 3. The van der Waals surface area contributed by atoms with Crippen molar-refractivity contribution in [2.45, 2.75) is 6.92 Å². The summed E-state index contributed by atoms with van der Waals surface area (Å²) in [5.41, 5.74) is 3.42. The van der Waals surface area contributed by atoms with Gasteiger partial charge in [0.15, 0.2) is 0 Å². The number of carbonyl (C=O) groups is 1. The zero-order valence-electron chi connectivity index (χ0n) is 18.2. The van der Waals surface area contributed by atoms with Crippen molar-refractivity contribution in [2.24, 2.45) is 5.10 Å². The van der Waals surface area contributed by atoms with Gasteiger partial charge < -0.3 is 4.74 Å². The number of thiazole rings is 1. The summed E-state index contributed by atoms with van der Waals surface area (Å²) in [6.07, 6.45) is 1.67. The molecule has 5 nitrogen and oxygen atoms in total. The largest absolute Gasteiger partial charge is 0.497 e. The van der Waals surface area contributed by atoms with Crippen molar-refractivity contribution in [3.63, 3.8) is 0 Å². The first-order valence-electron chi connectivity index (χ1n) is 10.5. The molecule has 0 fully saturated rings. The van der Waals surface area contributed by atoms with Gasteiger partial charge in [-0.05, 0) is 71.3 Å². The van der Waals surface area contributed by atoms with E-state index in [-0.39, 0.29) is 5.91 Å². The highest BCUT2D eigenvalue weighted by atomic mass is 32.1. The average molecular weight is 452 g/mol. The molecule has 0 aliphatic carbocycles. The van der Waals surface area contributed by atoms with Crippen LogP contribution in [0.2, 0.25) is 0 Å². The van der Waals surface area contributed by atoms with Gasteiger partial charge in [-0.15, -0.1) is 0 Å². The highest BCUT2D eigenvalue weighted by Crippen LogP contribution is 2.31. The van der Waals surface area contributed by atoms with Gasteiger partial charge in [0.05, 0.1) is 23.5 Å². The van der Waals surface area contributed by atoms with Crippen LogP contribution in [0.4, 0.5) is 5.13 Å². The first-order valence-corrected chi connectivity index (χ1v) is 11.3. The molecule has 0 atom stereocenters. The Bertz CT molecular complexity index is 1480. The number of anilines is 1. The maximum Gasteiger partial charge on any atom is 0.281 e. The number of benzene rings is 4. The van der Waals surface area contributed by atoms with E-state index < -0.39 is 0 Å². The third kappa shape index (κ3) is 4.21. The van der Waals surface area contributed by atoms with Gasteiger partial charge in [-0.25, -0.2) is 4.98 Å². The van der Waals surface area contributed by atoms with Gasteiger partial charge >= 0.3 is 0 Å². The van der Waals surface area contributed by atoms with Gasteiger partial charge in [0.1, 0.15) is 5.75 Å². The number of ether oxygens (including phenoxy) is 1. The summed E-state index contributed by atoms with van der Waals surface area (Å²) >= 11 is 1.45. The number of methoxy groups -OCH3 is 1. The van der Waals surface area contributed by atoms with Crippen LogP contribution in [0, 0.1) is 6.92 Å². The quantitative estimate of drug-likeness (QED) is 0.228. The fourth-order valence-electron chi connectivity index (χ4n) is 3.64. The molecule has 1 heterocycles. The molecule has 0 N–H and O–H groups in total. The first-order chi connectivity index (χ1) is 16.1. The molecule has 5 aromatic rings. The summed E-state index contributed by atoms with van der Waals surface area (Å²) in [4.78, 5) is 18.5. The summed E-state index contributed by atoms with van der Waals surface area (Å²) in [6, 6.07) is 27.1. The second kappa shape index (κ2) is 8.84. The Kier molecular flexibility index (Phi) is 5.59. The van der Waals surface area contributed by atoms with Gasteiger partial charge in [0.2, 0.25) is 5.13 Å². The summed E-state index contributed by atoms with van der Waals surface area (Å²) in [5.74, 6) is 0.532. The van der Waals surface area contributed by atoms with Crippen LogP contribution < -0.4 is 9.75 Å². The molecule has 0 radical (unpaired) electrons. The Balaban J connectivity index is 1.60. The van der Waals surface area contributed by atoms with Gasteiger partial charge in [-0.3, -0.25) is 4.79 Å². The molecule has 0 spiro atoms. The molecule has 0 saturated carbocycles. The molecule has 0 aliphatic rings. The SMILES string of the molecule is COc1ccc(/C=N/N(C(=O)c2cccc3ccccc23)c2nc3ccc(C)cc3s2)cc1. The molecule has 0 bridgehead atoms. The van der Waals surface area contributed by atoms with Gasteiger partial charge in [-0.1, -0.05) is 53.8 Å². The van der Waals surface area contributed by atoms with Gasteiger partial charge in [0, 0.05) is 5.56 Å². The Morgan fingerprint density at radius 3 is 2.61 bits per heavy atom. The normalized spacial score (nSPS) is 11.3. The zero-order chi connectivity index (χ0) is 22.8. The Morgan fingerprint density at radius 2 is 1.79 bits per heavy atom. The van der Waals surface area contributed by atoms with Crippen LogP contribution in [0.25, 0.3) is 21.0 Å². The smallest absolute Gasteiger partial charge is 0.281 e. The van der Waals surface area contributed by atoms with Crippen molar-refractivity contribution < 1.29 is 9.53 Å². The second-order valence-corrected chi connectivity index (χ2v) is 8.64. The van der Waals surface area contributed by atoms with E-state index in [1.165, 1.54) is 16.3 Å². The monoisotopic (exact) mass is 451 g/mol. The molecule has 33 heavy (non-hydrogen) atoms. The fraction of sp³-hybridized carbons (Fsp3) is 0.0741. The summed E-state index contributed by atoms with van der Waals surface area (Å²) < 4.78 is 6.24. The van der Waals surface area contributed by atoms with E-state index in [1.54, 1.807) is 13.3 Å². The minimum absolute atomic E-state index is 0.229. The number of fused-ring (bicyclic) bond motifs is 2. The summed E-state index contributed by atoms with van der Waals surface area (Å²) in [7, 11) is 1.63. The molecule has 6 heteroatoms. The third-order valence-electron chi connectivity index (χ3n) is 5.36. The van der Waals surface area contributed by atoms with E-state index in [9.17, 15) is 4.79 Å². The lowest BCUT2D eigenvalue weighted by Gasteiger charge is -2.15. The van der Waals surface area contributed by atoms with Crippen LogP contribution in [-0.4, -0.2) is 24.2 Å². The van der Waals surface area contributed by atoms with Crippen LogP contribution in [0.1, 0.15) is 21.5 Å². The molecule has 162 valence electrons. The number of hydrogen-bond acceptors (Lipinski definition) is 5. The van der Waals surface area contributed by atoms with Crippen LogP contribution in [0.15, 0.2) is 90.0 Å². The number of aryl methyl sites for hydroxylation is 1. The molecule has 4 aromatic carbocycles. The van der Waals surface area contributed by atoms with E-state index >= 15 is 0 Å². The van der Waals surface area contributed by atoms with E-state index in [1.807, 2.05) is 85.8 Å². The lowest BCUT2D eigenvalue weighted by molar-refractivity contribution is 0.0989. The minimum atomic E-state index is -0.229. The molecule has 0 saturated heterocycles. The number of hydrogen-bond donors (Lipinski definition) is 0. The lowest BCUT2D eigenvalue weighted by Crippen LogP contribution is -2.25. The summed E-state index contributed by atoms with van der Waals surface area (Å²) in [6.45, 7) is 2.04. The fourth-order valence-corrected chi connectivity index (χ4v) is 4.66. The molecule has 1 amide bonds. The van der Waals surface area contributed by atoms with E-state index in [4.69, 9.17) is 9.72 Å². The van der Waals surface area contributed by atoms with Crippen LogP contribution >= 0.6 is 11.3 Å². The topological polar surface area (TPSA) is 54.8 Å². The predicted octanol–water partition coefficient (Wildman–Crippen LogP) is 6.45. The van der Waals surface area contributed by atoms with Crippen molar-refractivity contribution >= 4 is 49.6 Å². The van der Waals surface area contributed by atoms with Crippen molar-refractivity contribution in [1.82, 2.24) is 4.98 Å². The molecular formula is C27H21N3O2S. The predicted molar refractivity (Wildman–Crippen MR) is 136 cm³/mol. The number of hydrazone groups is 1. The Hall–Kier alpha value is -4.03. The van der Waals surface area contributed by atoms with Crippen LogP contribution in [0.3, 0.4) is 0 Å². The van der Waals surface area contributed by atoms with Crippen LogP contribution in [-0.2, 0) is 0 Å². The van der Waals surface area contributed by atoms with Crippen molar-refractivity contribution in [2.75, 3.05) is 12.1 Å². The number of rotatable bonds is 5. The highest BCUT2D eigenvalue weighted by molar-refractivity contribution is 7.22. The zero-order valence-corrected chi connectivity index (χ0v) is 19.0. The van der Waals surface area contributed by atoms with Gasteiger partial charge in [-0.2, -0.15) is 10.1 Å². The number of carbonyl (C=O) groups excluding carboxylic acids is 1. The third-order valence-corrected chi connectivity index (χ3v) is 6.36. The Morgan fingerprint density at radius 1 is 1.00 bits per heavy atom. The van der Waals surface area contributed by atoms with E-state index in [0.717, 1.165) is 37.9 Å². The number of aromatic nitrogens is 1. The minimum Gasteiger partial charge on any atom is -0.497 e. The molecule has 1 aromatic heterocycles.